The first-order valence-electron chi connectivity index (χ1n) is 8.71. The lowest BCUT2D eigenvalue weighted by molar-refractivity contribution is 0.0950. The van der Waals surface area contributed by atoms with E-state index in [1.807, 2.05) is 30.3 Å². The van der Waals surface area contributed by atoms with Gasteiger partial charge in [0.05, 0.1) is 11.8 Å². The molecule has 0 unspecified atom stereocenters. The summed E-state index contributed by atoms with van der Waals surface area (Å²) in [4.78, 5) is 12.4. The molecule has 142 valence electrons. The number of rotatable bonds is 8. The van der Waals surface area contributed by atoms with Crippen LogP contribution in [0.1, 0.15) is 15.9 Å². The number of carbonyl (C=O) groups is 1. The van der Waals surface area contributed by atoms with Gasteiger partial charge < -0.3 is 9.47 Å². The molecule has 5 nitrogen and oxygen atoms in total. The number of benzene rings is 3. The second-order valence-corrected chi connectivity index (χ2v) is 5.76. The van der Waals surface area contributed by atoms with Gasteiger partial charge in [-0.05, 0) is 42.0 Å². The van der Waals surface area contributed by atoms with Crippen molar-refractivity contribution in [3.63, 3.8) is 0 Å². The van der Waals surface area contributed by atoms with Crippen molar-refractivity contribution < 1.29 is 18.7 Å². The van der Waals surface area contributed by atoms with Crippen LogP contribution in [0, 0.1) is 5.82 Å². The predicted molar refractivity (Wildman–Crippen MR) is 105 cm³/mol. The van der Waals surface area contributed by atoms with Crippen molar-refractivity contribution in [3.8, 4) is 11.5 Å². The van der Waals surface area contributed by atoms with Gasteiger partial charge in [-0.2, -0.15) is 5.10 Å². The summed E-state index contributed by atoms with van der Waals surface area (Å²) in [6.45, 7) is 0.640. The molecule has 0 radical (unpaired) electrons. The highest BCUT2D eigenvalue weighted by Crippen LogP contribution is 2.18. The second-order valence-electron chi connectivity index (χ2n) is 5.76. The van der Waals surface area contributed by atoms with Gasteiger partial charge in [-0.1, -0.05) is 42.5 Å². The third kappa shape index (κ3) is 5.67. The van der Waals surface area contributed by atoms with Crippen LogP contribution in [-0.4, -0.2) is 25.3 Å². The molecule has 1 N–H and O–H groups in total. The van der Waals surface area contributed by atoms with Crippen LogP contribution in [0.3, 0.4) is 0 Å². The molecule has 6 heteroatoms. The van der Waals surface area contributed by atoms with Crippen LogP contribution in [0.2, 0.25) is 0 Å². The van der Waals surface area contributed by atoms with E-state index in [1.54, 1.807) is 36.4 Å². The normalized spacial score (nSPS) is 10.6. The van der Waals surface area contributed by atoms with Crippen LogP contribution >= 0.6 is 0 Å². The first-order chi connectivity index (χ1) is 13.7. The number of nitrogens with zero attached hydrogens (tertiary/aromatic N) is 1. The number of ether oxygens (including phenoxy) is 2. The number of carbonyl (C=O) groups excluding carboxylic acids is 1. The highest BCUT2D eigenvalue weighted by Gasteiger charge is 2.11. The number of hydrogen-bond acceptors (Lipinski definition) is 4. The van der Waals surface area contributed by atoms with E-state index in [0.717, 1.165) is 5.75 Å². The quantitative estimate of drug-likeness (QED) is 0.365. The summed E-state index contributed by atoms with van der Waals surface area (Å²) in [5.74, 6) is 0.461. The molecule has 0 spiro atoms. The molecule has 0 aliphatic heterocycles. The Kier molecular flexibility index (Phi) is 6.73. The van der Waals surface area contributed by atoms with E-state index < -0.39 is 5.91 Å². The first-order valence-corrected chi connectivity index (χ1v) is 8.71. The molecule has 0 bridgehead atoms. The van der Waals surface area contributed by atoms with E-state index in [2.05, 4.69) is 10.5 Å². The van der Waals surface area contributed by atoms with E-state index in [4.69, 9.17) is 9.47 Å². The van der Waals surface area contributed by atoms with Crippen LogP contribution in [0.25, 0.3) is 0 Å². The molecule has 0 aliphatic carbocycles. The summed E-state index contributed by atoms with van der Waals surface area (Å²) in [7, 11) is 0. The third-order valence-electron chi connectivity index (χ3n) is 3.73. The Bertz CT molecular complexity index is 928. The van der Waals surface area contributed by atoms with Gasteiger partial charge in [0.15, 0.2) is 0 Å². The molecule has 0 heterocycles. The summed E-state index contributed by atoms with van der Waals surface area (Å²) < 4.78 is 24.1. The summed E-state index contributed by atoms with van der Waals surface area (Å²) in [6, 6.07) is 22.1. The molecule has 28 heavy (non-hydrogen) atoms. The maximum atomic E-state index is 12.9. The summed E-state index contributed by atoms with van der Waals surface area (Å²) in [6.07, 6.45) is 1.44. The van der Waals surface area contributed by atoms with Gasteiger partial charge in [0.25, 0.3) is 5.91 Å². The monoisotopic (exact) mass is 378 g/mol. The zero-order valence-electron chi connectivity index (χ0n) is 15.0. The lowest BCUT2D eigenvalue weighted by atomic mass is 10.2. The highest BCUT2D eigenvalue weighted by molar-refractivity contribution is 5.97. The average molecular weight is 378 g/mol. The average Bonchev–Trinajstić information content (AvgIpc) is 2.73. The van der Waals surface area contributed by atoms with Gasteiger partial charge in [-0.25, -0.2) is 9.82 Å². The fourth-order valence-electron chi connectivity index (χ4n) is 2.38. The smallest absolute Gasteiger partial charge is 0.275 e. The lowest BCUT2D eigenvalue weighted by Gasteiger charge is -2.11. The fraction of sp³-hybridized carbons (Fsp3) is 0.0909. The Balaban J connectivity index is 1.53. The second kappa shape index (κ2) is 9.87. The van der Waals surface area contributed by atoms with E-state index >= 15 is 0 Å². The maximum absolute atomic E-state index is 12.9. The Morgan fingerprint density at radius 2 is 1.57 bits per heavy atom. The summed E-state index contributed by atoms with van der Waals surface area (Å²) in [5, 5.41) is 3.90. The van der Waals surface area contributed by atoms with Gasteiger partial charge in [0.1, 0.15) is 30.5 Å². The Hall–Kier alpha value is -3.67. The van der Waals surface area contributed by atoms with Crippen LogP contribution in [-0.2, 0) is 0 Å². The van der Waals surface area contributed by atoms with E-state index in [-0.39, 0.29) is 12.4 Å². The third-order valence-corrected chi connectivity index (χ3v) is 3.73. The van der Waals surface area contributed by atoms with Crippen LogP contribution in [0.5, 0.6) is 11.5 Å². The molecular weight excluding hydrogens is 359 g/mol. The highest BCUT2D eigenvalue weighted by atomic mass is 19.1. The van der Waals surface area contributed by atoms with Gasteiger partial charge in [-0.3, -0.25) is 4.79 Å². The number of nitrogens with one attached hydrogen (secondary N) is 1. The molecule has 1 amide bonds. The summed E-state index contributed by atoms with van der Waals surface area (Å²) in [5.41, 5.74) is 3.47. The van der Waals surface area contributed by atoms with Crippen molar-refractivity contribution in [2.75, 3.05) is 13.2 Å². The number of amides is 1. The SMILES string of the molecule is O=C(N/N=C\c1ccc(F)cc1)c1ccccc1OCCOc1ccccc1. The minimum absolute atomic E-state index is 0.290. The van der Waals surface area contributed by atoms with E-state index in [0.29, 0.717) is 23.5 Å². The van der Waals surface area contributed by atoms with Crippen molar-refractivity contribution in [2.45, 2.75) is 0 Å². The minimum atomic E-state index is -0.405. The predicted octanol–water partition coefficient (Wildman–Crippen LogP) is 4.05. The van der Waals surface area contributed by atoms with Crippen molar-refractivity contribution in [1.82, 2.24) is 5.43 Å². The molecule has 3 aromatic carbocycles. The van der Waals surface area contributed by atoms with Gasteiger partial charge in [0.2, 0.25) is 0 Å². The van der Waals surface area contributed by atoms with Crippen molar-refractivity contribution in [3.05, 3.63) is 95.8 Å². The van der Waals surface area contributed by atoms with E-state index in [9.17, 15) is 9.18 Å². The number of hydrazone groups is 1. The molecule has 0 saturated carbocycles. The van der Waals surface area contributed by atoms with Crippen LogP contribution in [0.4, 0.5) is 4.39 Å². The molecule has 0 aliphatic rings. The number of hydrogen-bond donors (Lipinski definition) is 1. The molecular formula is C22H19FN2O3. The lowest BCUT2D eigenvalue weighted by Crippen LogP contribution is -2.19. The van der Waals surface area contributed by atoms with Crippen molar-refractivity contribution in [1.29, 1.82) is 0 Å². The van der Waals surface area contributed by atoms with E-state index in [1.165, 1.54) is 18.3 Å². The van der Waals surface area contributed by atoms with Crippen molar-refractivity contribution in [2.24, 2.45) is 5.10 Å². The topological polar surface area (TPSA) is 59.9 Å². The number of para-hydroxylation sites is 2. The minimum Gasteiger partial charge on any atom is -0.490 e. The molecule has 0 aromatic heterocycles. The van der Waals surface area contributed by atoms with Crippen molar-refractivity contribution >= 4 is 12.1 Å². The molecule has 0 saturated heterocycles. The molecule has 3 rings (SSSR count). The van der Waals surface area contributed by atoms with Crippen LogP contribution < -0.4 is 14.9 Å². The van der Waals surface area contributed by atoms with Crippen LogP contribution in [0.15, 0.2) is 84.0 Å². The molecule has 3 aromatic rings. The fourth-order valence-corrected chi connectivity index (χ4v) is 2.38. The molecule has 0 atom stereocenters. The standard InChI is InChI=1S/C22H19FN2O3/c23-18-12-10-17(11-13-18)16-24-25-22(26)20-8-4-5-9-21(20)28-15-14-27-19-6-2-1-3-7-19/h1-13,16H,14-15H2,(H,25,26)/b24-16-. The summed E-state index contributed by atoms with van der Waals surface area (Å²) >= 11 is 0. The Morgan fingerprint density at radius 1 is 0.893 bits per heavy atom. The zero-order chi connectivity index (χ0) is 19.6. The molecule has 0 fully saturated rings. The largest absolute Gasteiger partial charge is 0.490 e. The zero-order valence-corrected chi connectivity index (χ0v) is 15.0. The van der Waals surface area contributed by atoms with Gasteiger partial charge >= 0.3 is 0 Å². The maximum Gasteiger partial charge on any atom is 0.275 e. The first kappa shape index (κ1) is 19.1. The van der Waals surface area contributed by atoms with Gasteiger partial charge in [-0.15, -0.1) is 0 Å². The van der Waals surface area contributed by atoms with Gasteiger partial charge in [0, 0.05) is 0 Å². The Labute approximate surface area is 162 Å². The number of halogens is 1. The Morgan fingerprint density at radius 3 is 2.36 bits per heavy atom.